The largest absolute Gasteiger partial charge is 4.00 e. The van der Waals surface area contributed by atoms with Crippen molar-refractivity contribution >= 4 is 19.7 Å². The summed E-state index contributed by atoms with van der Waals surface area (Å²) in [6.07, 6.45) is 2.92. The van der Waals surface area contributed by atoms with Crippen molar-refractivity contribution < 1.29 is 33.2 Å². The molecule has 0 amide bonds. The van der Waals surface area contributed by atoms with Crippen molar-refractivity contribution in [1.29, 1.82) is 0 Å². The molecule has 0 fully saturated rings. The maximum atomic E-state index is 11.8. The monoisotopic (exact) mass is 483 g/mol. The van der Waals surface area contributed by atoms with Crippen LogP contribution in [0.1, 0.15) is 60.8 Å². The first kappa shape index (κ1) is 32.2. The third-order valence-electron chi connectivity index (χ3n) is 2.78. The Morgan fingerprint density at radius 1 is 0.792 bits per heavy atom. The molecule has 0 aromatic heterocycles. The summed E-state index contributed by atoms with van der Waals surface area (Å²) < 4.78 is 23.9. The maximum Gasteiger partial charge on any atom is 4.00 e. The third kappa shape index (κ3) is 34.0. The van der Waals surface area contributed by atoms with Crippen molar-refractivity contribution in [3.05, 3.63) is 41.5 Å². The summed E-state index contributed by atoms with van der Waals surface area (Å²) in [6, 6.07) is 6.68. The second-order valence-corrected chi connectivity index (χ2v) is 8.11. The van der Waals surface area contributed by atoms with E-state index in [1.54, 1.807) is 12.1 Å². The van der Waals surface area contributed by atoms with Crippen LogP contribution < -0.4 is 4.40 Å². The summed E-state index contributed by atoms with van der Waals surface area (Å²) in [7, 11) is 0. The van der Waals surface area contributed by atoms with Crippen molar-refractivity contribution in [2.24, 2.45) is 0 Å². The van der Waals surface area contributed by atoms with E-state index < -0.39 is 15.3 Å². The van der Waals surface area contributed by atoms with Gasteiger partial charge in [0.25, 0.3) is 0 Å². The van der Waals surface area contributed by atoms with E-state index in [-0.39, 0.29) is 48.7 Å². The number of halogens is 2. The van der Waals surface area contributed by atoms with Gasteiger partial charge in [-0.15, -0.1) is 18.1 Å². The molecule has 0 aliphatic rings. The topological polar surface area (TPSA) is 71.4 Å². The van der Waals surface area contributed by atoms with Crippen LogP contribution in [0.2, 0.25) is 0 Å². The van der Waals surface area contributed by atoms with Crippen LogP contribution in [0.15, 0.2) is 24.3 Å². The smallest absolute Gasteiger partial charge is 4.00 e. The zero-order valence-electron chi connectivity index (χ0n) is 16.0. The van der Waals surface area contributed by atoms with Crippen molar-refractivity contribution in [1.82, 2.24) is 0 Å². The van der Waals surface area contributed by atoms with Crippen LogP contribution >= 0.6 is 0 Å². The molecule has 0 aliphatic heterocycles. The predicted molar refractivity (Wildman–Crippen MR) is 103 cm³/mol. The van der Waals surface area contributed by atoms with E-state index in [9.17, 15) is 7.00 Å². The molecule has 140 valence electrons. The predicted octanol–water partition coefficient (Wildman–Crippen LogP) is 6.28. The fourth-order valence-corrected chi connectivity index (χ4v) is 1.61. The van der Waals surface area contributed by atoms with Crippen LogP contribution in [0.3, 0.4) is 0 Å². The fourth-order valence-electron chi connectivity index (χ4n) is 0.534. The summed E-state index contributed by atoms with van der Waals surface area (Å²) >= 11 is -3.89. The average Bonchev–Trinajstić information content (AvgIpc) is 3.03. The van der Waals surface area contributed by atoms with Crippen molar-refractivity contribution in [3.63, 3.8) is 0 Å². The molecule has 0 aliphatic carbocycles. The first-order valence-electron chi connectivity index (χ1n) is 8.25. The van der Waals surface area contributed by atoms with Gasteiger partial charge in [0, 0.05) is 0 Å². The van der Waals surface area contributed by atoms with Gasteiger partial charge in [-0.2, -0.15) is 0 Å². The first-order valence-corrected chi connectivity index (χ1v) is 11.3. The molecule has 0 heterocycles. The van der Waals surface area contributed by atoms with Crippen molar-refractivity contribution in [2.75, 3.05) is 0 Å². The molecule has 0 saturated heterocycles. The standard InChI is InChI=1S/C5H5F2Ge.3C4H10N.Zr/c6-8(7)5-3-1-2-4-5;3*1-3-4(2)5;/h1-4,8H;3*4-5H,3H2,1-2H3;/q4*-1;+4. The fraction of sp³-hybridized carbons (Fsp3) is 0.706. The normalized spacial score (nSPS) is 12.8. The van der Waals surface area contributed by atoms with Crippen LogP contribution in [-0.2, 0) is 26.2 Å². The van der Waals surface area contributed by atoms with Gasteiger partial charge in [0.05, 0.1) is 0 Å². The third-order valence-corrected chi connectivity index (χ3v) is 4.64. The molecule has 1 rings (SSSR count). The van der Waals surface area contributed by atoms with Crippen LogP contribution in [0.25, 0.3) is 17.2 Å². The molecular weight excluding hydrogens is 448 g/mol. The van der Waals surface area contributed by atoms with Gasteiger partial charge in [-0.1, -0.05) is 60.8 Å². The van der Waals surface area contributed by atoms with E-state index in [0.29, 0.717) is 0 Å². The first-order chi connectivity index (χ1) is 10.6. The Labute approximate surface area is 172 Å². The molecule has 0 bridgehead atoms. The summed E-state index contributed by atoms with van der Waals surface area (Å²) in [4.78, 5) is 0. The Morgan fingerprint density at radius 3 is 1.08 bits per heavy atom. The van der Waals surface area contributed by atoms with E-state index in [0.717, 1.165) is 19.3 Å². The van der Waals surface area contributed by atoms with E-state index >= 15 is 0 Å². The van der Waals surface area contributed by atoms with E-state index in [1.807, 2.05) is 41.5 Å². The van der Waals surface area contributed by atoms with Crippen molar-refractivity contribution in [3.8, 4) is 0 Å². The van der Waals surface area contributed by atoms with Gasteiger partial charge >= 0.3 is 77.1 Å². The molecule has 0 spiro atoms. The summed E-state index contributed by atoms with van der Waals surface area (Å²) in [5.41, 5.74) is 20.5. The number of rotatable bonds is 4. The van der Waals surface area contributed by atoms with Crippen LogP contribution in [0.5, 0.6) is 0 Å². The van der Waals surface area contributed by atoms with Gasteiger partial charge in [0.15, 0.2) is 0 Å². The maximum absolute atomic E-state index is 11.8. The van der Waals surface area contributed by atoms with Gasteiger partial charge in [-0.05, 0) is 0 Å². The minimum absolute atomic E-state index is 0. The summed E-state index contributed by atoms with van der Waals surface area (Å²) in [5, 5.41) is 0. The minimum Gasteiger partial charge on any atom is 4.00 e. The molecule has 3 atom stereocenters. The number of nitrogens with one attached hydrogen (secondary N) is 3. The molecule has 1 aromatic carbocycles. The molecule has 7 heteroatoms. The Bertz CT molecular complexity index is 290. The number of hydrogen-bond donors (Lipinski definition) is 0. The van der Waals surface area contributed by atoms with E-state index in [2.05, 4.69) is 0 Å². The molecule has 0 radical (unpaired) electrons. The summed E-state index contributed by atoms with van der Waals surface area (Å²) in [5.74, 6) is 0. The van der Waals surface area contributed by atoms with Crippen molar-refractivity contribution in [2.45, 2.75) is 78.9 Å². The second-order valence-electron chi connectivity index (χ2n) is 5.45. The van der Waals surface area contributed by atoms with Crippen LogP contribution in [0, 0.1) is 0 Å². The zero-order valence-corrected chi connectivity index (χ0v) is 20.9. The second kappa shape index (κ2) is 23.5. The average molecular weight is 483 g/mol. The van der Waals surface area contributed by atoms with Gasteiger partial charge in [0.2, 0.25) is 0 Å². The molecule has 1 aromatic rings. The van der Waals surface area contributed by atoms with Gasteiger partial charge < -0.3 is 17.2 Å². The zero-order chi connectivity index (χ0) is 18.8. The Hall–Kier alpha value is 0.516. The Morgan fingerprint density at radius 2 is 1.00 bits per heavy atom. The van der Waals surface area contributed by atoms with E-state index in [1.165, 1.54) is 12.1 Å². The molecule has 3 nitrogen and oxygen atoms in total. The molecule has 3 N–H and O–H groups in total. The van der Waals surface area contributed by atoms with Gasteiger partial charge in [-0.25, -0.2) is 0 Å². The van der Waals surface area contributed by atoms with Crippen LogP contribution in [-0.4, -0.2) is 33.4 Å². The SMILES string of the molecule is CCC(C)[NH-].CCC(C)[NH-].CCC(C)[NH-].[F][GeH]([F])[c-]1cccc1.[Zr+4]. The van der Waals surface area contributed by atoms with Gasteiger partial charge in [0.1, 0.15) is 0 Å². The van der Waals surface area contributed by atoms with Crippen LogP contribution in [0.4, 0.5) is 7.00 Å². The molecule has 3 unspecified atom stereocenters. The summed E-state index contributed by atoms with van der Waals surface area (Å²) in [6.45, 7) is 11.7. The van der Waals surface area contributed by atoms with Gasteiger partial charge in [-0.3, -0.25) is 0 Å². The molecule has 0 saturated carbocycles. The molecular formula is C17H35F2GeN3Zr. The number of hydrogen-bond acceptors (Lipinski definition) is 0. The minimum atomic E-state index is -3.89. The Balaban J connectivity index is -0.000000113. The Kier molecular flexibility index (Phi) is 31.6. The quantitative estimate of drug-likeness (QED) is 0.357. The molecule has 24 heavy (non-hydrogen) atoms. The van der Waals surface area contributed by atoms with E-state index in [4.69, 9.17) is 17.2 Å².